The molecule has 2 unspecified atom stereocenters. The van der Waals surface area contributed by atoms with Crippen LogP contribution in [0.1, 0.15) is 6.42 Å². The van der Waals surface area contributed by atoms with Gasteiger partial charge in [0, 0.05) is 12.6 Å². The minimum Gasteiger partial charge on any atom is -0.480 e. The average Bonchev–Trinajstić information content (AvgIpc) is 2.13. The average molecular weight is 129 g/mol. The largest absolute Gasteiger partial charge is 0.480 e. The summed E-state index contributed by atoms with van der Waals surface area (Å²) in [5, 5.41) is 17.2. The van der Waals surface area contributed by atoms with Crippen LogP contribution in [0.15, 0.2) is 4.99 Å². The Labute approximate surface area is 51.8 Å². The summed E-state index contributed by atoms with van der Waals surface area (Å²) in [5.41, 5.74) is 0. The molecule has 0 bridgehead atoms. The van der Waals surface area contributed by atoms with Crippen LogP contribution in [-0.2, 0) is 4.79 Å². The van der Waals surface area contributed by atoms with E-state index in [9.17, 15) is 4.79 Å². The van der Waals surface area contributed by atoms with Gasteiger partial charge >= 0.3 is 5.97 Å². The number of carboxylic acids is 1. The van der Waals surface area contributed by atoms with Crippen molar-refractivity contribution in [1.29, 1.82) is 0 Å². The van der Waals surface area contributed by atoms with Crippen LogP contribution in [0.3, 0.4) is 0 Å². The Bertz CT molecular complexity index is 154. The normalized spacial score (nSPS) is 33.0. The molecule has 0 aromatic rings. The van der Waals surface area contributed by atoms with Gasteiger partial charge in [0.15, 0.2) is 6.04 Å². The van der Waals surface area contributed by atoms with Crippen molar-refractivity contribution in [2.24, 2.45) is 4.99 Å². The summed E-state index contributed by atoms with van der Waals surface area (Å²) < 4.78 is 0. The Kier molecular flexibility index (Phi) is 1.48. The quantitative estimate of drug-likeness (QED) is 0.490. The van der Waals surface area contributed by atoms with Gasteiger partial charge in [-0.3, -0.25) is 4.99 Å². The van der Waals surface area contributed by atoms with Crippen molar-refractivity contribution in [3.63, 3.8) is 0 Å². The second-order valence-electron chi connectivity index (χ2n) is 1.92. The summed E-state index contributed by atoms with van der Waals surface area (Å²) >= 11 is 0. The molecule has 1 heterocycles. The first kappa shape index (κ1) is 6.22. The lowest BCUT2D eigenvalue weighted by atomic mass is 10.2. The molecule has 0 aromatic heterocycles. The number of hydrogen-bond acceptors (Lipinski definition) is 3. The summed E-state index contributed by atoms with van der Waals surface area (Å²) in [7, 11) is 0. The van der Waals surface area contributed by atoms with Crippen LogP contribution in [0.2, 0.25) is 0 Å². The molecule has 1 rings (SSSR count). The minimum atomic E-state index is -1.06. The molecular formula is C5H7NO3. The highest BCUT2D eigenvalue weighted by Gasteiger charge is 2.27. The predicted octanol–water partition coefficient (Wildman–Crippen LogP) is -0.725. The number of aliphatic imine (C=N–C) groups is 1. The van der Waals surface area contributed by atoms with Crippen molar-refractivity contribution < 1.29 is 15.0 Å². The van der Waals surface area contributed by atoms with E-state index in [0.717, 1.165) is 0 Å². The number of carboxylic acid groups (broad SMARTS) is 1. The summed E-state index contributed by atoms with van der Waals surface area (Å²) in [6, 6.07) is -0.926. The van der Waals surface area contributed by atoms with Gasteiger partial charge in [0.05, 0.1) is 6.10 Å². The highest BCUT2D eigenvalue weighted by molar-refractivity contribution is 5.80. The number of aliphatic carboxylic acids is 1. The third-order valence-electron chi connectivity index (χ3n) is 1.23. The topological polar surface area (TPSA) is 69.9 Å². The Morgan fingerprint density at radius 1 is 1.78 bits per heavy atom. The van der Waals surface area contributed by atoms with Crippen LogP contribution in [0, 0.1) is 0 Å². The van der Waals surface area contributed by atoms with Crippen molar-refractivity contribution in [3.8, 4) is 0 Å². The van der Waals surface area contributed by atoms with E-state index in [-0.39, 0.29) is 0 Å². The maximum Gasteiger partial charge on any atom is 0.331 e. The first-order valence-electron chi connectivity index (χ1n) is 2.64. The lowest BCUT2D eigenvalue weighted by Crippen LogP contribution is -2.27. The van der Waals surface area contributed by atoms with Crippen molar-refractivity contribution in [3.05, 3.63) is 0 Å². The number of aliphatic hydroxyl groups is 1. The van der Waals surface area contributed by atoms with Crippen LogP contribution in [0.5, 0.6) is 0 Å². The molecule has 9 heavy (non-hydrogen) atoms. The fraction of sp³-hybridized carbons (Fsp3) is 0.600. The number of nitrogens with zero attached hydrogens (tertiary/aromatic N) is 1. The van der Waals surface area contributed by atoms with Gasteiger partial charge in [-0.15, -0.1) is 0 Å². The summed E-state index contributed by atoms with van der Waals surface area (Å²) in [6.45, 7) is 0. The monoisotopic (exact) mass is 129 g/mol. The van der Waals surface area contributed by atoms with Crippen LogP contribution in [0.4, 0.5) is 0 Å². The second-order valence-corrected chi connectivity index (χ2v) is 1.92. The number of hydrogen-bond donors (Lipinski definition) is 2. The molecule has 1 aliphatic rings. The molecule has 0 aromatic carbocycles. The van der Waals surface area contributed by atoms with E-state index in [1.54, 1.807) is 0 Å². The molecule has 2 N–H and O–H groups in total. The van der Waals surface area contributed by atoms with Crippen molar-refractivity contribution >= 4 is 12.2 Å². The third kappa shape index (κ3) is 1.08. The van der Waals surface area contributed by atoms with E-state index in [1.807, 2.05) is 0 Å². The molecule has 0 saturated carbocycles. The zero-order chi connectivity index (χ0) is 6.85. The van der Waals surface area contributed by atoms with E-state index in [2.05, 4.69) is 4.99 Å². The Morgan fingerprint density at radius 3 is 2.67 bits per heavy atom. The number of aliphatic hydroxyl groups excluding tert-OH is 1. The molecule has 0 amide bonds. The first-order valence-corrected chi connectivity index (χ1v) is 2.64. The molecule has 0 aliphatic carbocycles. The molecule has 0 fully saturated rings. The van der Waals surface area contributed by atoms with E-state index in [0.29, 0.717) is 6.42 Å². The molecule has 0 spiro atoms. The summed E-state index contributed by atoms with van der Waals surface area (Å²) in [5.74, 6) is -1.06. The molecule has 2 atom stereocenters. The summed E-state index contributed by atoms with van der Waals surface area (Å²) in [4.78, 5) is 13.7. The van der Waals surface area contributed by atoms with Crippen molar-refractivity contribution in [2.75, 3.05) is 0 Å². The van der Waals surface area contributed by atoms with Gasteiger partial charge in [-0.25, -0.2) is 4.79 Å². The molecular weight excluding hydrogens is 122 g/mol. The fourth-order valence-corrected chi connectivity index (χ4v) is 0.739. The van der Waals surface area contributed by atoms with Crippen LogP contribution >= 0.6 is 0 Å². The molecule has 0 radical (unpaired) electrons. The van der Waals surface area contributed by atoms with Gasteiger partial charge in [0.1, 0.15) is 0 Å². The molecule has 4 heteroatoms. The molecule has 4 nitrogen and oxygen atoms in total. The predicted molar refractivity (Wildman–Crippen MR) is 30.5 cm³/mol. The fourth-order valence-electron chi connectivity index (χ4n) is 0.739. The highest BCUT2D eigenvalue weighted by Crippen LogP contribution is 2.08. The van der Waals surface area contributed by atoms with E-state index < -0.39 is 18.1 Å². The van der Waals surface area contributed by atoms with Gasteiger partial charge < -0.3 is 10.2 Å². The smallest absolute Gasteiger partial charge is 0.331 e. The number of carbonyl (C=O) groups is 1. The van der Waals surface area contributed by atoms with Gasteiger partial charge in [0.2, 0.25) is 0 Å². The zero-order valence-electron chi connectivity index (χ0n) is 4.69. The lowest BCUT2D eigenvalue weighted by Gasteiger charge is -2.04. The highest BCUT2D eigenvalue weighted by atomic mass is 16.4. The van der Waals surface area contributed by atoms with Crippen LogP contribution < -0.4 is 0 Å². The van der Waals surface area contributed by atoms with Gasteiger partial charge in [-0.05, 0) is 0 Å². The van der Waals surface area contributed by atoms with Crippen LogP contribution in [0.25, 0.3) is 0 Å². The van der Waals surface area contributed by atoms with E-state index in [1.165, 1.54) is 6.21 Å². The first-order chi connectivity index (χ1) is 4.22. The maximum atomic E-state index is 10.1. The summed E-state index contributed by atoms with van der Waals surface area (Å²) in [6.07, 6.45) is 0.975. The van der Waals surface area contributed by atoms with Crippen molar-refractivity contribution in [1.82, 2.24) is 0 Å². The Morgan fingerprint density at radius 2 is 2.44 bits per heavy atom. The minimum absolute atomic E-state index is 0.358. The standard InChI is InChI=1S/C5H7NO3/c7-3-1-2-6-4(3)5(8)9/h2-4,7H,1H2,(H,8,9). The van der Waals surface area contributed by atoms with E-state index >= 15 is 0 Å². The Hall–Kier alpha value is -0.900. The van der Waals surface area contributed by atoms with Gasteiger partial charge in [0.25, 0.3) is 0 Å². The van der Waals surface area contributed by atoms with Gasteiger partial charge in [-0.1, -0.05) is 0 Å². The van der Waals surface area contributed by atoms with Crippen molar-refractivity contribution in [2.45, 2.75) is 18.6 Å². The molecule has 1 aliphatic heterocycles. The van der Waals surface area contributed by atoms with Gasteiger partial charge in [-0.2, -0.15) is 0 Å². The third-order valence-corrected chi connectivity index (χ3v) is 1.23. The molecule has 50 valence electrons. The molecule has 0 saturated heterocycles. The maximum absolute atomic E-state index is 10.1. The van der Waals surface area contributed by atoms with E-state index in [4.69, 9.17) is 10.2 Å². The second kappa shape index (κ2) is 2.14. The number of rotatable bonds is 1. The Balaban J connectivity index is 2.59. The lowest BCUT2D eigenvalue weighted by molar-refractivity contribution is -0.140. The SMILES string of the molecule is O=C(O)C1N=CCC1O. The zero-order valence-corrected chi connectivity index (χ0v) is 4.69. The van der Waals surface area contributed by atoms with Crippen LogP contribution in [-0.4, -0.2) is 34.5 Å².